The molecular weight excluding hydrogens is 545 g/mol. The van der Waals surface area contributed by atoms with Crippen LogP contribution in [0.2, 0.25) is 0 Å². The third kappa shape index (κ3) is 7.51. The third-order valence-corrected chi connectivity index (χ3v) is 8.93. The Morgan fingerprint density at radius 3 is 2.24 bits per heavy atom. The summed E-state index contributed by atoms with van der Waals surface area (Å²) in [4.78, 5) is 41.9. The van der Waals surface area contributed by atoms with Crippen LogP contribution in [0.4, 0.5) is 13.2 Å². The number of nitrogens with one attached hydrogen (secondary N) is 2. The number of hydrogen-bond donors (Lipinski definition) is 2. The topological polar surface area (TPSA) is 81.8 Å². The van der Waals surface area contributed by atoms with Crippen molar-refractivity contribution in [2.24, 2.45) is 0 Å². The van der Waals surface area contributed by atoms with Gasteiger partial charge in [0, 0.05) is 49.4 Å². The Morgan fingerprint density at radius 2 is 1.55 bits per heavy atom. The van der Waals surface area contributed by atoms with Gasteiger partial charge in [-0.3, -0.25) is 19.3 Å². The Labute approximate surface area is 244 Å². The van der Waals surface area contributed by atoms with Crippen LogP contribution in [0.5, 0.6) is 0 Å². The number of likely N-dealkylation sites (tertiary alicyclic amines) is 2. The summed E-state index contributed by atoms with van der Waals surface area (Å²) in [6, 6.07) is 12.8. The first kappa shape index (κ1) is 30.1. The fourth-order valence-electron chi connectivity index (χ4n) is 6.57. The van der Waals surface area contributed by atoms with E-state index in [1.54, 1.807) is 0 Å². The summed E-state index contributed by atoms with van der Waals surface area (Å²) >= 11 is 0. The molecule has 0 radical (unpaired) electrons. The molecule has 3 amide bonds. The van der Waals surface area contributed by atoms with Gasteiger partial charge in [0.2, 0.25) is 5.91 Å². The van der Waals surface area contributed by atoms with Crippen LogP contribution in [0.3, 0.4) is 0 Å². The van der Waals surface area contributed by atoms with Crippen LogP contribution in [0, 0.1) is 0 Å². The summed E-state index contributed by atoms with van der Waals surface area (Å²) in [5, 5.41) is 5.38. The van der Waals surface area contributed by atoms with E-state index in [0.29, 0.717) is 12.0 Å². The predicted octanol–water partition coefficient (Wildman–Crippen LogP) is 4.98. The molecule has 0 spiro atoms. The SMILES string of the molecule is O=C(CNC(=O)c1cccc(C(F)(F)F)c1)N[C@@H]1CCN(C2CCC(c3ccc(C(=O)N4CCCCC4)cc3)CC2)C1. The minimum absolute atomic E-state index is 0.0225. The Kier molecular flexibility index (Phi) is 9.50. The molecule has 7 nitrogen and oxygen atoms in total. The molecule has 2 saturated heterocycles. The van der Waals surface area contributed by atoms with Crippen molar-refractivity contribution in [1.82, 2.24) is 20.4 Å². The molecule has 226 valence electrons. The van der Waals surface area contributed by atoms with Crippen molar-refractivity contribution in [3.63, 3.8) is 0 Å². The predicted molar refractivity (Wildman–Crippen MR) is 153 cm³/mol. The number of halogens is 3. The van der Waals surface area contributed by atoms with E-state index in [-0.39, 0.29) is 30.0 Å². The average Bonchev–Trinajstić information content (AvgIpc) is 3.48. The van der Waals surface area contributed by atoms with E-state index < -0.39 is 17.6 Å². The summed E-state index contributed by atoms with van der Waals surface area (Å²) in [7, 11) is 0. The highest BCUT2D eigenvalue weighted by Gasteiger charge is 2.33. The number of carbonyl (C=O) groups is 3. The molecule has 1 saturated carbocycles. The molecule has 0 unspecified atom stereocenters. The fourth-order valence-corrected chi connectivity index (χ4v) is 6.57. The van der Waals surface area contributed by atoms with E-state index in [4.69, 9.17) is 0 Å². The molecular formula is C32H39F3N4O3. The summed E-state index contributed by atoms with van der Waals surface area (Å²) in [5.41, 5.74) is 1.02. The maximum absolute atomic E-state index is 12.9. The highest BCUT2D eigenvalue weighted by atomic mass is 19.4. The van der Waals surface area contributed by atoms with Crippen LogP contribution in [0.15, 0.2) is 48.5 Å². The van der Waals surface area contributed by atoms with Crippen molar-refractivity contribution < 1.29 is 27.6 Å². The lowest BCUT2D eigenvalue weighted by Gasteiger charge is -2.35. The first-order chi connectivity index (χ1) is 20.2. The van der Waals surface area contributed by atoms with Crippen LogP contribution in [-0.2, 0) is 11.0 Å². The van der Waals surface area contributed by atoms with Gasteiger partial charge in [-0.25, -0.2) is 0 Å². The van der Waals surface area contributed by atoms with Gasteiger partial charge in [0.25, 0.3) is 11.8 Å². The highest BCUT2D eigenvalue weighted by molar-refractivity contribution is 5.96. The molecule has 42 heavy (non-hydrogen) atoms. The minimum Gasteiger partial charge on any atom is -0.350 e. The Morgan fingerprint density at radius 1 is 0.833 bits per heavy atom. The lowest BCUT2D eigenvalue weighted by Crippen LogP contribution is -2.44. The van der Waals surface area contributed by atoms with Gasteiger partial charge in [-0.1, -0.05) is 18.2 Å². The van der Waals surface area contributed by atoms with Crippen LogP contribution < -0.4 is 10.6 Å². The zero-order chi connectivity index (χ0) is 29.7. The summed E-state index contributed by atoms with van der Waals surface area (Å²) in [6.07, 6.45) is 3.97. The monoisotopic (exact) mass is 584 g/mol. The molecule has 2 N–H and O–H groups in total. The smallest absolute Gasteiger partial charge is 0.350 e. The van der Waals surface area contributed by atoms with Crippen molar-refractivity contribution in [2.75, 3.05) is 32.7 Å². The van der Waals surface area contributed by atoms with Gasteiger partial charge >= 0.3 is 6.18 Å². The van der Waals surface area contributed by atoms with Crippen LogP contribution in [0.25, 0.3) is 0 Å². The van der Waals surface area contributed by atoms with E-state index in [2.05, 4.69) is 27.7 Å². The Balaban J connectivity index is 1.03. The molecule has 3 aliphatic rings. The lowest BCUT2D eigenvalue weighted by molar-refractivity contribution is -0.137. The molecule has 1 aliphatic carbocycles. The second kappa shape index (κ2) is 13.3. The Bertz CT molecular complexity index is 1250. The summed E-state index contributed by atoms with van der Waals surface area (Å²) in [5.74, 6) is -0.449. The van der Waals surface area contributed by atoms with Crippen molar-refractivity contribution in [1.29, 1.82) is 0 Å². The Hall–Kier alpha value is -3.40. The van der Waals surface area contributed by atoms with Gasteiger partial charge < -0.3 is 15.5 Å². The zero-order valence-electron chi connectivity index (χ0n) is 23.8. The second-order valence-electron chi connectivity index (χ2n) is 11.8. The third-order valence-electron chi connectivity index (χ3n) is 8.93. The number of carbonyl (C=O) groups excluding carboxylic acids is 3. The maximum Gasteiger partial charge on any atom is 0.416 e. The van der Waals surface area contributed by atoms with Gasteiger partial charge in [-0.05, 0) is 93.2 Å². The van der Waals surface area contributed by atoms with Crippen LogP contribution in [0.1, 0.15) is 89.1 Å². The molecule has 2 aliphatic heterocycles. The van der Waals surface area contributed by atoms with Crippen molar-refractivity contribution in [2.45, 2.75) is 75.5 Å². The lowest BCUT2D eigenvalue weighted by atomic mass is 9.81. The fraction of sp³-hybridized carbons (Fsp3) is 0.531. The highest BCUT2D eigenvalue weighted by Crippen LogP contribution is 2.36. The quantitative estimate of drug-likeness (QED) is 0.481. The molecule has 5 rings (SSSR count). The minimum atomic E-state index is -4.54. The second-order valence-corrected chi connectivity index (χ2v) is 11.8. The average molecular weight is 585 g/mol. The molecule has 1 atom stereocenters. The zero-order valence-corrected chi connectivity index (χ0v) is 23.8. The van der Waals surface area contributed by atoms with E-state index in [9.17, 15) is 27.6 Å². The number of piperidine rings is 1. The molecule has 2 aromatic carbocycles. The van der Waals surface area contributed by atoms with E-state index in [0.717, 1.165) is 88.8 Å². The molecule has 2 aromatic rings. The van der Waals surface area contributed by atoms with Crippen molar-refractivity contribution in [3.05, 3.63) is 70.8 Å². The van der Waals surface area contributed by atoms with Gasteiger partial charge in [-0.15, -0.1) is 0 Å². The maximum atomic E-state index is 12.9. The van der Waals surface area contributed by atoms with Gasteiger partial charge in [0.15, 0.2) is 0 Å². The number of rotatable bonds is 7. The molecule has 0 bridgehead atoms. The first-order valence-corrected chi connectivity index (χ1v) is 15.1. The number of alkyl halides is 3. The van der Waals surface area contributed by atoms with Crippen LogP contribution >= 0.6 is 0 Å². The number of amides is 3. The van der Waals surface area contributed by atoms with Gasteiger partial charge in [-0.2, -0.15) is 13.2 Å². The molecule has 2 heterocycles. The van der Waals surface area contributed by atoms with Crippen molar-refractivity contribution >= 4 is 17.7 Å². The molecule has 3 fully saturated rings. The standard InChI is InChI=1S/C32H39F3N4O3/c33-32(34,35)26-6-4-5-25(19-26)30(41)36-20-29(40)37-27-15-18-39(21-27)28-13-11-23(12-14-28)22-7-9-24(10-8-22)31(42)38-16-2-1-3-17-38/h4-10,19,23,27-28H,1-3,11-18,20-21H2,(H,36,41)(H,37,40)/t23?,27-,28?/m1/s1. The largest absolute Gasteiger partial charge is 0.416 e. The summed E-state index contributed by atoms with van der Waals surface area (Å²) in [6.45, 7) is 3.05. The van der Waals surface area contributed by atoms with Crippen molar-refractivity contribution in [3.8, 4) is 0 Å². The first-order valence-electron chi connectivity index (χ1n) is 15.1. The number of nitrogens with zero attached hydrogens (tertiary/aromatic N) is 2. The van der Waals surface area contributed by atoms with E-state index >= 15 is 0 Å². The number of benzene rings is 2. The summed E-state index contributed by atoms with van der Waals surface area (Å²) < 4.78 is 38.7. The van der Waals surface area contributed by atoms with E-state index in [1.807, 2.05) is 17.0 Å². The number of hydrogen-bond acceptors (Lipinski definition) is 4. The van der Waals surface area contributed by atoms with Gasteiger partial charge in [0.05, 0.1) is 12.1 Å². The molecule has 0 aromatic heterocycles. The van der Waals surface area contributed by atoms with Gasteiger partial charge in [0.1, 0.15) is 0 Å². The van der Waals surface area contributed by atoms with Crippen LogP contribution in [-0.4, -0.2) is 72.3 Å². The van der Waals surface area contributed by atoms with E-state index in [1.165, 1.54) is 24.1 Å². The normalized spacial score (nSPS) is 23.4. The molecule has 10 heteroatoms.